The lowest BCUT2D eigenvalue weighted by molar-refractivity contribution is 0.220. The van der Waals surface area contributed by atoms with Gasteiger partial charge in [0.25, 0.3) is 0 Å². The summed E-state index contributed by atoms with van der Waals surface area (Å²) in [5.74, 6) is 0. The zero-order valence-electron chi connectivity index (χ0n) is 12.3. The molecular formula is C17H21ClN2O. The normalized spacial score (nSPS) is 21.4. The monoisotopic (exact) mass is 304 g/mol. The van der Waals surface area contributed by atoms with Crippen LogP contribution in [0, 0.1) is 0 Å². The first-order chi connectivity index (χ1) is 10.2. The first kappa shape index (κ1) is 14.8. The molecule has 2 aliphatic rings. The van der Waals surface area contributed by atoms with Crippen molar-refractivity contribution in [3.05, 3.63) is 34.3 Å². The van der Waals surface area contributed by atoms with Crippen LogP contribution in [0.5, 0.6) is 0 Å². The molecule has 0 spiro atoms. The topological polar surface area (TPSA) is 32.7 Å². The molecular weight excluding hydrogens is 284 g/mol. The van der Waals surface area contributed by atoms with Crippen LogP contribution in [0.2, 0.25) is 5.02 Å². The Kier molecular flexibility index (Phi) is 4.44. The number of aliphatic imine (C=N–C) groups is 1. The Morgan fingerprint density at radius 3 is 2.52 bits per heavy atom. The van der Waals surface area contributed by atoms with Crippen molar-refractivity contribution >= 4 is 17.7 Å². The van der Waals surface area contributed by atoms with Gasteiger partial charge in [0.05, 0.1) is 5.54 Å². The van der Waals surface area contributed by atoms with Crippen LogP contribution >= 0.6 is 11.6 Å². The number of halogens is 1. The van der Waals surface area contributed by atoms with Crippen molar-refractivity contribution in [1.29, 1.82) is 0 Å². The van der Waals surface area contributed by atoms with E-state index in [2.05, 4.69) is 22.0 Å². The van der Waals surface area contributed by atoms with Crippen LogP contribution in [0.4, 0.5) is 0 Å². The summed E-state index contributed by atoms with van der Waals surface area (Å²) in [4.78, 5) is 17.2. The molecule has 0 amide bonds. The van der Waals surface area contributed by atoms with Crippen molar-refractivity contribution < 1.29 is 4.79 Å². The molecule has 0 bridgehead atoms. The summed E-state index contributed by atoms with van der Waals surface area (Å²) in [6, 6.07) is 6.19. The molecule has 2 fully saturated rings. The molecule has 112 valence electrons. The van der Waals surface area contributed by atoms with Crippen LogP contribution in [0.25, 0.3) is 0 Å². The van der Waals surface area contributed by atoms with Gasteiger partial charge in [-0.2, -0.15) is 4.99 Å². The second kappa shape index (κ2) is 6.31. The van der Waals surface area contributed by atoms with Crippen LogP contribution in [-0.2, 0) is 16.9 Å². The highest BCUT2D eigenvalue weighted by Crippen LogP contribution is 2.45. The maximum Gasteiger partial charge on any atom is 0.235 e. The van der Waals surface area contributed by atoms with E-state index in [1.807, 2.05) is 6.07 Å². The Balaban J connectivity index is 1.77. The van der Waals surface area contributed by atoms with E-state index in [0.29, 0.717) is 0 Å². The van der Waals surface area contributed by atoms with Crippen molar-refractivity contribution in [2.45, 2.75) is 50.6 Å². The summed E-state index contributed by atoms with van der Waals surface area (Å²) in [7, 11) is 0. The van der Waals surface area contributed by atoms with Gasteiger partial charge in [0.2, 0.25) is 6.08 Å². The number of rotatable bonds is 4. The van der Waals surface area contributed by atoms with E-state index in [9.17, 15) is 4.79 Å². The van der Waals surface area contributed by atoms with Crippen molar-refractivity contribution in [2.24, 2.45) is 4.99 Å². The number of piperidine rings is 1. The molecule has 3 rings (SSSR count). The van der Waals surface area contributed by atoms with Gasteiger partial charge in [0, 0.05) is 11.6 Å². The van der Waals surface area contributed by atoms with E-state index in [1.165, 1.54) is 24.8 Å². The molecule has 1 aromatic rings. The number of benzene rings is 1. The fraction of sp³-hybridized carbons (Fsp3) is 0.588. The number of hydrogen-bond acceptors (Lipinski definition) is 3. The second-order valence-corrected chi connectivity index (χ2v) is 6.64. The molecule has 0 N–H and O–H groups in total. The Hall–Kier alpha value is -1.15. The number of isocyanates is 1. The third kappa shape index (κ3) is 3.06. The molecule has 3 nitrogen and oxygen atoms in total. The first-order valence-corrected chi connectivity index (χ1v) is 8.22. The highest BCUT2D eigenvalue weighted by molar-refractivity contribution is 6.31. The summed E-state index contributed by atoms with van der Waals surface area (Å²) >= 11 is 6.47. The molecule has 1 saturated heterocycles. The van der Waals surface area contributed by atoms with Crippen LogP contribution in [0.3, 0.4) is 0 Å². The molecule has 1 heterocycles. The smallest absolute Gasteiger partial charge is 0.235 e. The Morgan fingerprint density at radius 2 is 1.95 bits per heavy atom. The maximum absolute atomic E-state index is 10.7. The maximum atomic E-state index is 10.7. The summed E-state index contributed by atoms with van der Waals surface area (Å²) in [6.07, 6.45) is 8.60. The minimum absolute atomic E-state index is 0.352. The van der Waals surface area contributed by atoms with Gasteiger partial charge in [-0.05, 0) is 62.4 Å². The molecule has 1 aliphatic heterocycles. The Bertz CT molecular complexity index is 556. The molecule has 1 saturated carbocycles. The van der Waals surface area contributed by atoms with Gasteiger partial charge in [-0.25, -0.2) is 4.79 Å². The number of hydrogen-bond donors (Lipinski definition) is 0. The molecule has 21 heavy (non-hydrogen) atoms. The average molecular weight is 305 g/mol. The minimum Gasteiger partial charge on any atom is -0.299 e. The summed E-state index contributed by atoms with van der Waals surface area (Å²) in [5, 5.41) is 0.797. The minimum atomic E-state index is -0.352. The highest BCUT2D eigenvalue weighted by Gasteiger charge is 2.39. The second-order valence-electron chi connectivity index (χ2n) is 6.23. The van der Waals surface area contributed by atoms with Crippen LogP contribution in [-0.4, -0.2) is 24.1 Å². The molecule has 1 aliphatic carbocycles. The highest BCUT2D eigenvalue weighted by atomic mass is 35.5. The summed E-state index contributed by atoms with van der Waals surface area (Å²) < 4.78 is 0. The van der Waals surface area contributed by atoms with Gasteiger partial charge < -0.3 is 0 Å². The SMILES string of the molecule is O=C=NC1(c2ccc(CN3CCCCC3)c(Cl)c2)CCC1. The zero-order chi connectivity index (χ0) is 14.7. The summed E-state index contributed by atoms with van der Waals surface area (Å²) in [6.45, 7) is 3.25. The van der Waals surface area contributed by atoms with E-state index in [4.69, 9.17) is 11.6 Å². The van der Waals surface area contributed by atoms with Crippen LogP contribution in [0.1, 0.15) is 49.7 Å². The Labute approximate surface area is 131 Å². The fourth-order valence-corrected chi connectivity index (χ4v) is 3.63. The number of likely N-dealkylation sites (tertiary alicyclic amines) is 1. The lowest BCUT2D eigenvalue weighted by Crippen LogP contribution is -2.32. The fourth-order valence-electron chi connectivity index (χ4n) is 3.39. The molecule has 4 heteroatoms. The standard InChI is InChI=1S/C17H21ClN2O/c18-16-11-15(17(19-13-21)7-4-8-17)6-5-14(16)12-20-9-2-1-3-10-20/h5-6,11H,1-4,7-10,12H2. The van der Waals surface area contributed by atoms with Gasteiger partial charge in [-0.1, -0.05) is 30.2 Å². The predicted molar refractivity (Wildman–Crippen MR) is 84.2 cm³/mol. The quantitative estimate of drug-likeness (QED) is 0.621. The van der Waals surface area contributed by atoms with E-state index >= 15 is 0 Å². The number of nitrogens with zero attached hydrogens (tertiary/aromatic N) is 2. The molecule has 0 radical (unpaired) electrons. The van der Waals surface area contributed by atoms with Crippen molar-refractivity contribution in [2.75, 3.05) is 13.1 Å². The molecule has 0 aromatic heterocycles. The zero-order valence-corrected chi connectivity index (χ0v) is 13.0. The van der Waals surface area contributed by atoms with Gasteiger partial charge in [0.15, 0.2) is 0 Å². The lowest BCUT2D eigenvalue weighted by Gasteiger charge is -2.37. The Morgan fingerprint density at radius 1 is 1.19 bits per heavy atom. The molecule has 1 aromatic carbocycles. The van der Waals surface area contributed by atoms with Gasteiger partial charge in [-0.15, -0.1) is 0 Å². The van der Waals surface area contributed by atoms with E-state index in [0.717, 1.165) is 49.5 Å². The average Bonchev–Trinajstić information content (AvgIpc) is 2.46. The van der Waals surface area contributed by atoms with Gasteiger partial charge >= 0.3 is 0 Å². The van der Waals surface area contributed by atoms with Crippen molar-refractivity contribution in [3.8, 4) is 0 Å². The first-order valence-electron chi connectivity index (χ1n) is 7.84. The van der Waals surface area contributed by atoms with E-state index in [-0.39, 0.29) is 5.54 Å². The molecule has 0 atom stereocenters. The van der Waals surface area contributed by atoms with Crippen LogP contribution in [0.15, 0.2) is 23.2 Å². The molecule has 0 unspecified atom stereocenters. The third-order valence-electron chi connectivity index (χ3n) is 4.87. The van der Waals surface area contributed by atoms with Gasteiger partial charge in [-0.3, -0.25) is 4.90 Å². The van der Waals surface area contributed by atoms with Crippen molar-refractivity contribution in [1.82, 2.24) is 4.90 Å². The number of carbonyl (C=O) groups excluding carboxylic acids is 1. The third-order valence-corrected chi connectivity index (χ3v) is 5.23. The predicted octanol–water partition coefficient (Wildman–Crippen LogP) is 4.04. The van der Waals surface area contributed by atoms with Crippen molar-refractivity contribution in [3.63, 3.8) is 0 Å². The van der Waals surface area contributed by atoms with Crippen LogP contribution < -0.4 is 0 Å². The largest absolute Gasteiger partial charge is 0.299 e. The van der Waals surface area contributed by atoms with Gasteiger partial charge in [0.1, 0.15) is 0 Å². The summed E-state index contributed by atoms with van der Waals surface area (Å²) in [5.41, 5.74) is 1.88. The van der Waals surface area contributed by atoms with E-state index < -0.39 is 0 Å². The lowest BCUT2D eigenvalue weighted by atomic mass is 9.72. The van der Waals surface area contributed by atoms with E-state index in [1.54, 1.807) is 6.08 Å².